The van der Waals surface area contributed by atoms with Gasteiger partial charge in [-0.1, -0.05) is 37.8 Å². The van der Waals surface area contributed by atoms with Gasteiger partial charge in [0.05, 0.1) is 21.5 Å². The van der Waals surface area contributed by atoms with Crippen molar-refractivity contribution in [3.63, 3.8) is 0 Å². The van der Waals surface area contributed by atoms with Crippen LogP contribution in [0.1, 0.15) is 44.7 Å². The van der Waals surface area contributed by atoms with Crippen LogP contribution in [0.25, 0.3) is 15.8 Å². The second-order valence-corrected chi connectivity index (χ2v) is 12.3. The smallest absolute Gasteiger partial charge is 0.265 e. The number of thiophene rings is 1. The summed E-state index contributed by atoms with van der Waals surface area (Å²) in [6.45, 7) is 10.9. The Morgan fingerprint density at radius 3 is 2.62 bits per heavy atom. The van der Waals surface area contributed by atoms with Gasteiger partial charge in [-0.2, -0.15) is 11.3 Å². The SMILES string of the molecule is C=C1C(C(=O)NCc2ccc3nc(N)sc3c2)=CC(Br)=CN1/C(C(N)=O)=C(\C)c1ccsc1.CC(C)CCCO. The average molecular weight is 645 g/mol. The van der Waals surface area contributed by atoms with Crippen LogP contribution in [-0.4, -0.2) is 33.4 Å². The van der Waals surface area contributed by atoms with Gasteiger partial charge >= 0.3 is 0 Å². The summed E-state index contributed by atoms with van der Waals surface area (Å²) < 4.78 is 1.57. The lowest BCUT2D eigenvalue weighted by Crippen LogP contribution is -2.34. The second kappa shape index (κ2) is 14.4. The summed E-state index contributed by atoms with van der Waals surface area (Å²) in [5, 5.41) is 15.6. The molecule has 6 N–H and O–H groups in total. The Morgan fingerprint density at radius 2 is 2.02 bits per heavy atom. The number of amides is 2. The number of allylic oxidation sites excluding steroid dienone is 3. The van der Waals surface area contributed by atoms with E-state index in [9.17, 15) is 9.59 Å². The molecule has 2 aromatic heterocycles. The number of nitrogens with two attached hydrogens (primary N) is 2. The number of aliphatic hydroxyl groups excluding tert-OH is 1. The number of carbonyl (C=O) groups is 2. The molecule has 0 fully saturated rings. The minimum absolute atomic E-state index is 0.252. The minimum Gasteiger partial charge on any atom is -0.396 e. The Labute approximate surface area is 250 Å². The van der Waals surface area contributed by atoms with Crippen LogP contribution in [-0.2, 0) is 16.1 Å². The molecule has 0 saturated carbocycles. The van der Waals surface area contributed by atoms with Crippen LogP contribution in [0, 0.1) is 5.92 Å². The third-order valence-electron chi connectivity index (χ3n) is 6.03. The van der Waals surface area contributed by atoms with Gasteiger partial charge in [0.2, 0.25) is 0 Å². The quantitative estimate of drug-likeness (QED) is 0.215. The molecule has 0 atom stereocenters. The van der Waals surface area contributed by atoms with E-state index in [1.807, 2.05) is 41.9 Å². The van der Waals surface area contributed by atoms with Crippen LogP contribution in [0.4, 0.5) is 5.13 Å². The monoisotopic (exact) mass is 643 g/mol. The summed E-state index contributed by atoms with van der Waals surface area (Å²) in [5.41, 5.74) is 15.7. The van der Waals surface area contributed by atoms with Crippen molar-refractivity contribution < 1.29 is 14.7 Å². The highest BCUT2D eigenvalue weighted by atomic mass is 79.9. The molecule has 1 aliphatic rings. The Balaban J connectivity index is 0.000000559. The van der Waals surface area contributed by atoms with Crippen LogP contribution in [0.3, 0.4) is 0 Å². The Hall–Kier alpha value is -3.25. The van der Waals surface area contributed by atoms with E-state index in [4.69, 9.17) is 16.6 Å². The summed E-state index contributed by atoms with van der Waals surface area (Å²) in [6.07, 6.45) is 5.45. The van der Waals surface area contributed by atoms with Crippen LogP contribution >= 0.6 is 38.6 Å². The van der Waals surface area contributed by atoms with Crippen molar-refractivity contribution in [1.29, 1.82) is 0 Å². The Kier molecular flexibility index (Phi) is 11.3. The van der Waals surface area contributed by atoms with E-state index in [0.717, 1.165) is 40.1 Å². The highest BCUT2D eigenvalue weighted by molar-refractivity contribution is 9.11. The molecule has 0 radical (unpaired) electrons. The lowest BCUT2D eigenvalue weighted by atomic mass is 10.0. The van der Waals surface area contributed by atoms with Crippen LogP contribution in [0.5, 0.6) is 0 Å². The van der Waals surface area contributed by atoms with Gasteiger partial charge in [-0.25, -0.2) is 4.98 Å². The average Bonchev–Trinajstić information content (AvgIpc) is 3.57. The molecular weight excluding hydrogens is 610 g/mol. The first-order valence-electron chi connectivity index (χ1n) is 12.7. The topological polar surface area (TPSA) is 135 Å². The van der Waals surface area contributed by atoms with Gasteiger partial charge in [0, 0.05) is 23.8 Å². The molecule has 212 valence electrons. The van der Waals surface area contributed by atoms with E-state index in [0.29, 0.717) is 39.6 Å². The third-order valence-corrected chi connectivity index (χ3v) is 7.99. The van der Waals surface area contributed by atoms with E-state index < -0.39 is 5.91 Å². The number of anilines is 1. The fraction of sp³-hybridized carbons (Fsp3) is 0.276. The van der Waals surface area contributed by atoms with E-state index in [1.165, 1.54) is 22.7 Å². The minimum atomic E-state index is -0.616. The summed E-state index contributed by atoms with van der Waals surface area (Å²) in [7, 11) is 0. The molecule has 3 aromatic rings. The zero-order chi connectivity index (χ0) is 29.4. The number of hydrogen-bond acceptors (Lipinski definition) is 8. The number of benzene rings is 1. The van der Waals surface area contributed by atoms with Crippen molar-refractivity contribution in [1.82, 2.24) is 15.2 Å². The number of aliphatic hydroxyl groups is 1. The largest absolute Gasteiger partial charge is 0.396 e. The first-order chi connectivity index (χ1) is 19.0. The van der Waals surface area contributed by atoms with Gasteiger partial charge in [-0.05, 0) is 93.3 Å². The molecule has 0 aliphatic carbocycles. The summed E-state index contributed by atoms with van der Waals surface area (Å²) in [5.74, 6) is -0.196. The maximum atomic E-state index is 13.1. The number of hydrogen-bond donors (Lipinski definition) is 4. The van der Waals surface area contributed by atoms with E-state index in [2.05, 4.69) is 46.7 Å². The van der Waals surface area contributed by atoms with E-state index >= 15 is 0 Å². The van der Waals surface area contributed by atoms with Gasteiger partial charge in [0.1, 0.15) is 5.70 Å². The molecule has 8 nitrogen and oxygen atoms in total. The molecule has 2 amide bonds. The molecule has 1 aliphatic heterocycles. The van der Waals surface area contributed by atoms with Gasteiger partial charge < -0.3 is 26.8 Å². The molecule has 0 spiro atoms. The van der Waals surface area contributed by atoms with Gasteiger partial charge in [-0.3, -0.25) is 9.59 Å². The molecule has 0 unspecified atom stereocenters. The number of nitrogens with one attached hydrogen (secondary N) is 1. The molecule has 40 heavy (non-hydrogen) atoms. The number of fused-ring (bicyclic) bond motifs is 1. The van der Waals surface area contributed by atoms with Crippen LogP contribution in [0.15, 0.2) is 75.3 Å². The number of nitrogens with zero attached hydrogens (tertiary/aromatic N) is 2. The van der Waals surface area contributed by atoms with Crippen molar-refractivity contribution in [2.75, 3.05) is 12.3 Å². The van der Waals surface area contributed by atoms with Crippen molar-refractivity contribution in [2.45, 2.75) is 40.2 Å². The summed E-state index contributed by atoms with van der Waals surface area (Å²) in [6, 6.07) is 7.63. The van der Waals surface area contributed by atoms with Crippen molar-refractivity contribution in [2.24, 2.45) is 11.7 Å². The van der Waals surface area contributed by atoms with Crippen molar-refractivity contribution in [3.8, 4) is 0 Å². The molecular formula is C29H34BrN5O3S2. The summed E-state index contributed by atoms with van der Waals surface area (Å²) in [4.78, 5) is 31.2. The first-order valence-corrected chi connectivity index (χ1v) is 15.2. The Bertz CT molecular complexity index is 1470. The fourth-order valence-electron chi connectivity index (χ4n) is 3.96. The molecule has 0 bridgehead atoms. The van der Waals surface area contributed by atoms with Crippen LogP contribution in [0.2, 0.25) is 0 Å². The van der Waals surface area contributed by atoms with E-state index in [1.54, 1.807) is 17.2 Å². The number of aromatic nitrogens is 1. The highest BCUT2D eigenvalue weighted by Gasteiger charge is 2.28. The normalized spacial score (nSPS) is 13.8. The van der Waals surface area contributed by atoms with Crippen molar-refractivity contribution in [3.05, 3.63) is 86.5 Å². The first kappa shape index (κ1) is 31.3. The number of rotatable bonds is 9. The van der Waals surface area contributed by atoms with Crippen molar-refractivity contribution >= 4 is 71.3 Å². The van der Waals surface area contributed by atoms with Gasteiger partial charge in [0.15, 0.2) is 5.13 Å². The maximum absolute atomic E-state index is 13.1. The number of carbonyl (C=O) groups excluding carboxylic acids is 2. The standard InChI is InChI=1S/C23H20BrN5O2S2.C6H14O/c1-12(15-5-6-32-11-15)20(21(25)30)29-10-16(24)8-17(13(29)2)22(31)27-9-14-3-4-18-19(7-14)33-23(26)28-18;1-6(2)4-3-5-7/h3-8,10-11H,2,9H2,1H3,(H2,25,30)(H2,26,28)(H,27,31);6-7H,3-5H2,1-2H3/b20-12+;. The third kappa shape index (κ3) is 8.14. The van der Waals surface area contributed by atoms with Gasteiger partial charge in [-0.15, -0.1) is 0 Å². The number of halogens is 1. The fourth-order valence-corrected chi connectivity index (χ4v) is 5.90. The van der Waals surface area contributed by atoms with Gasteiger partial charge in [0.25, 0.3) is 11.8 Å². The molecule has 4 rings (SSSR count). The maximum Gasteiger partial charge on any atom is 0.265 e. The highest BCUT2D eigenvalue weighted by Crippen LogP contribution is 2.33. The predicted octanol–water partition coefficient (Wildman–Crippen LogP) is 5.88. The Morgan fingerprint density at radius 1 is 1.27 bits per heavy atom. The summed E-state index contributed by atoms with van der Waals surface area (Å²) >= 11 is 6.35. The molecule has 11 heteroatoms. The number of primary amides is 1. The van der Waals surface area contributed by atoms with E-state index in [-0.39, 0.29) is 11.6 Å². The molecule has 3 heterocycles. The lowest BCUT2D eigenvalue weighted by Gasteiger charge is -2.29. The predicted molar refractivity (Wildman–Crippen MR) is 169 cm³/mol. The zero-order valence-electron chi connectivity index (χ0n) is 22.7. The molecule has 1 aromatic carbocycles. The second-order valence-electron chi connectivity index (χ2n) is 9.54. The number of nitrogen functional groups attached to an aromatic ring is 1. The molecule has 0 saturated heterocycles. The zero-order valence-corrected chi connectivity index (χ0v) is 26.0. The number of thiazole rings is 1. The van der Waals surface area contributed by atoms with Crippen LogP contribution < -0.4 is 16.8 Å². The lowest BCUT2D eigenvalue weighted by molar-refractivity contribution is -0.118.